The normalized spacial score (nSPS) is 12.3. The molecule has 0 bridgehead atoms. The van der Waals surface area contributed by atoms with Crippen molar-refractivity contribution in [1.29, 1.82) is 0 Å². The Labute approximate surface area is 206 Å². The van der Waals surface area contributed by atoms with E-state index in [1.807, 2.05) is 0 Å². The molecule has 4 aromatic carbocycles. The van der Waals surface area contributed by atoms with Crippen LogP contribution in [0.25, 0.3) is 0 Å². The third kappa shape index (κ3) is 4.47. The molecule has 0 aliphatic heterocycles. The van der Waals surface area contributed by atoms with E-state index in [-0.39, 0.29) is 12.2 Å². The Kier molecular flexibility index (Phi) is 7.64. The first-order valence-corrected chi connectivity index (χ1v) is 16.9. The summed E-state index contributed by atoms with van der Waals surface area (Å²) < 4.78 is 14.7. The summed E-state index contributed by atoms with van der Waals surface area (Å²) in [6.45, 7) is 8.60. The Bertz CT molecular complexity index is 974. The third-order valence-electron chi connectivity index (χ3n) is 6.04. The molecule has 34 heavy (non-hydrogen) atoms. The lowest BCUT2D eigenvalue weighted by atomic mass is 10.4. The van der Waals surface area contributed by atoms with Crippen LogP contribution in [0.15, 0.2) is 121 Å². The molecular weight excluding hydrogens is 449 g/mol. The Balaban J connectivity index is 2.23. The SMILES string of the molecule is CC(C)O[Si](c1ccccc1)(c1ccccc1)[Si](OC(C)C)(c1ccccc1)c1ccccc1. The third-order valence-corrected chi connectivity index (χ3v) is 20.4. The van der Waals surface area contributed by atoms with Crippen molar-refractivity contribution in [1.82, 2.24) is 0 Å². The molecule has 0 aromatic heterocycles. The van der Waals surface area contributed by atoms with E-state index in [9.17, 15) is 0 Å². The quantitative estimate of drug-likeness (QED) is 0.329. The first-order valence-electron chi connectivity index (χ1n) is 12.1. The highest BCUT2D eigenvalue weighted by molar-refractivity contribution is 7.55. The lowest BCUT2D eigenvalue weighted by molar-refractivity contribution is 0.220. The van der Waals surface area contributed by atoms with Crippen LogP contribution in [0, 0.1) is 0 Å². The van der Waals surface area contributed by atoms with Gasteiger partial charge in [-0.3, -0.25) is 0 Å². The van der Waals surface area contributed by atoms with Gasteiger partial charge in [-0.15, -0.1) is 0 Å². The molecule has 4 rings (SSSR count). The van der Waals surface area contributed by atoms with Crippen LogP contribution in [0.3, 0.4) is 0 Å². The van der Waals surface area contributed by atoms with Gasteiger partial charge in [-0.05, 0) is 48.4 Å². The van der Waals surface area contributed by atoms with E-state index in [4.69, 9.17) is 8.85 Å². The van der Waals surface area contributed by atoms with Crippen LogP contribution in [0.2, 0.25) is 0 Å². The summed E-state index contributed by atoms with van der Waals surface area (Å²) in [6.07, 6.45) is 0.0595. The molecule has 0 spiro atoms. The Morgan fingerprint density at radius 1 is 0.382 bits per heavy atom. The average Bonchev–Trinajstić information content (AvgIpc) is 2.88. The van der Waals surface area contributed by atoms with Crippen molar-refractivity contribution >= 4 is 36.4 Å². The van der Waals surface area contributed by atoms with E-state index in [0.717, 1.165) is 0 Å². The van der Waals surface area contributed by atoms with Crippen molar-refractivity contribution in [2.75, 3.05) is 0 Å². The molecule has 4 aromatic rings. The zero-order valence-electron chi connectivity index (χ0n) is 20.5. The fourth-order valence-corrected chi connectivity index (χ4v) is 21.5. The molecular formula is C30H34O2Si2. The van der Waals surface area contributed by atoms with Gasteiger partial charge >= 0.3 is 0 Å². The van der Waals surface area contributed by atoms with E-state index in [1.165, 1.54) is 20.7 Å². The van der Waals surface area contributed by atoms with Gasteiger partial charge in [0, 0.05) is 12.2 Å². The topological polar surface area (TPSA) is 18.5 Å². The Morgan fingerprint density at radius 2 is 0.588 bits per heavy atom. The van der Waals surface area contributed by atoms with Gasteiger partial charge in [0.1, 0.15) is 0 Å². The first kappa shape index (κ1) is 24.4. The summed E-state index contributed by atoms with van der Waals surface area (Å²) in [5.74, 6) is 0. The molecule has 0 fully saturated rings. The van der Waals surface area contributed by atoms with Gasteiger partial charge in [-0.25, -0.2) is 0 Å². The highest BCUT2D eigenvalue weighted by Gasteiger charge is 2.65. The summed E-state index contributed by atoms with van der Waals surface area (Å²) in [7, 11) is -6.04. The first-order chi connectivity index (χ1) is 16.5. The maximum atomic E-state index is 7.36. The van der Waals surface area contributed by atoms with E-state index in [0.29, 0.717) is 0 Å². The van der Waals surface area contributed by atoms with Crippen LogP contribution in [-0.2, 0) is 8.85 Å². The van der Waals surface area contributed by atoms with Crippen LogP contribution >= 0.6 is 0 Å². The van der Waals surface area contributed by atoms with E-state index in [1.54, 1.807) is 0 Å². The second-order valence-corrected chi connectivity index (χ2v) is 18.9. The fourth-order valence-electron chi connectivity index (χ4n) is 4.98. The van der Waals surface area contributed by atoms with Crippen molar-refractivity contribution < 1.29 is 8.85 Å². The smallest absolute Gasteiger partial charge is 0.283 e. The van der Waals surface area contributed by atoms with Gasteiger partial charge < -0.3 is 8.85 Å². The molecule has 0 unspecified atom stereocenters. The summed E-state index contributed by atoms with van der Waals surface area (Å²) in [6, 6.07) is 43.4. The minimum Gasteiger partial charge on any atom is -0.405 e. The minimum atomic E-state index is -3.02. The molecule has 4 heteroatoms. The Hall–Kier alpha value is -2.77. The predicted molar refractivity (Wildman–Crippen MR) is 148 cm³/mol. The summed E-state index contributed by atoms with van der Waals surface area (Å²) in [5.41, 5.74) is 0. The largest absolute Gasteiger partial charge is 0.405 e. The predicted octanol–water partition coefficient (Wildman–Crippen LogP) is 4.43. The average molecular weight is 483 g/mol. The lowest BCUT2D eigenvalue weighted by Crippen LogP contribution is -2.88. The summed E-state index contributed by atoms with van der Waals surface area (Å²) >= 11 is 0. The zero-order valence-corrected chi connectivity index (χ0v) is 22.5. The summed E-state index contributed by atoms with van der Waals surface area (Å²) in [4.78, 5) is 0. The monoisotopic (exact) mass is 482 g/mol. The molecule has 174 valence electrons. The van der Waals surface area contributed by atoms with E-state index < -0.39 is 15.7 Å². The zero-order chi connectivity index (χ0) is 24.0. The van der Waals surface area contributed by atoms with Gasteiger partial charge in [-0.2, -0.15) is 0 Å². The van der Waals surface area contributed by atoms with Crippen molar-refractivity contribution in [3.8, 4) is 0 Å². The standard InChI is InChI=1S/C30H34O2Si2/c1-25(2)31-33(27-17-9-5-10-18-27,28-19-11-6-12-20-28)34(32-26(3)4,29-21-13-7-14-22-29)30-23-15-8-16-24-30/h5-26H,1-4H3. The number of hydrogen-bond acceptors (Lipinski definition) is 2. The molecule has 2 nitrogen and oxygen atoms in total. The van der Waals surface area contributed by atoms with E-state index in [2.05, 4.69) is 149 Å². The van der Waals surface area contributed by atoms with Crippen molar-refractivity contribution in [2.45, 2.75) is 39.9 Å². The van der Waals surface area contributed by atoms with Crippen LogP contribution in [0.1, 0.15) is 27.7 Å². The molecule has 0 atom stereocenters. The second kappa shape index (κ2) is 10.7. The number of rotatable bonds is 9. The maximum Gasteiger partial charge on any atom is 0.283 e. The van der Waals surface area contributed by atoms with Crippen molar-refractivity contribution in [3.05, 3.63) is 121 Å². The van der Waals surface area contributed by atoms with Gasteiger partial charge in [0.25, 0.3) is 15.7 Å². The van der Waals surface area contributed by atoms with Gasteiger partial charge in [0.15, 0.2) is 0 Å². The molecule has 0 amide bonds. The van der Waals surface area contributed by atoms with Gasteiger partial charge in [0.2, 0.25) is 0 Å². The van der Waals surface area contributed by atoms with Crippen LogP contribution in [0.5, 0.6) is 0 Å². The fraction of sp³-hybridized carbons (Fsp3) is 0.200. The highest BCUT2D eigenvalue weighted by atomic mass is 29.3. The maximum absolute atomic E-state index is 7.36. The molecule has 0 N–H and O–H groups in total. The minimum absolute atomic E-state index is 0.0298. The van der Waals surface area contributed by atoms with Crippen LogP contribution in [0.4, 0.5) is 0 Å². The molecule has 0 radical (unpaired) electrons. The lowest BCUT2D eigenvalue weighted by Gasteiger charge is -2.49. The Morgan fingerprint density at radius 3 is 0.765 bits per heavy atom. The van der Waals surface area contributed by atoms with Gasteiger partial charge in [-0.1, -0.05) is 121 Å². The highest BCUT2D eigenvalue weighted by Crippen LogP contribution is 2.26. The van der Waals surface area contributed by atoms with E-state index >= 15 is 0 Å². The molecule has 0 saturated carbocycles. The van der Waals surface area contributed by atoms with Crippen molar-refractivity contribution in [3.63, 3.8) is 0 Å². The summed E-state index contributed by atoms with van der Waals surface area (Å²) in [5, 5.41) is 4.98. The number of benzene rings is 4. The second-order valence-electron chi connectivity index (χ2n) is 9.16. The van der Waals surface area contributed by atoms with Crippen LogP contribution < -0.4 is 20.7 Å². The number of hydrogen-bond donors (Lipinski definition) is 0. The molecule has 0 aliphatic rings. The molecule has 0 aliphatic carbocycles. The van der Waals surface area contributed by atoms with Crippen molar-refractivity contribution in [2.24, 2.45) is 0 Å². The molecule has 0 heterocycles. The van der Waals surface area contributed by atoms with Crippen LogP contribution in [-0.4, -0.2) is 27.9 Å². The molecule has 0 saturated heterocycles. The van der Waals surface area contributed by atoms with Gasteiger partial charge in [0.05, 0.1) is 0 Å².